The minimum Gasteiger partial charge on any atom is -0.310 e. The molecule has 8 aromatic rings. The summed E-state index contributed by atoms with van der Waals surface area (Å²) in [6, 6.07) is 65.0. The first kappa shape index (κ1) is 25.8. The zero-order chi connectivity index (χ0) is 29.3. The van der Waals surface area contributed by atoms with E-state index in [0.29, 0.717) is 0 Å². The van der Waals surface area contributed by atoms with Crippen LogP contribution in [0, 0.1) is 0 Å². The van der Waals surface area contributed by atoms with Crippen molar-refractivity contribution in [2.24, 2.45) is 0 Å². The maximum atomic E-state index is 2.44. The van der Waals surface area contributed by atoms with Crippen LogP contribution in [0.25, 0.3) is 49.7 Å². The van der Waals surface area contributed by atoms with E-state index in [0.717, 1.165) is 22.7 Å². The lowest BCUT2D eigenvalue weighted by Gasteiger charge is -2.28. The standard InChI is InChI=1S/C42H30N2/c1-4-16-31(17-5-1)32-28-29-38-37-24-12-15-27-41(37)44(42(38)30-32)40-26-14-11-23-36(40)35-22-10-13-25-39(35)43(33-18-6-2-7-19-33)34-20-8-3-9-21-34/h1-30H. The van der Waals surface area contributed by atoms with Crippen molar-refractivity contribution in [1.29, 1.82) is 0 Å². The highest BCUT2D eigenvalue weighted by Gasteiger charge is 2.20. The van der Waals surface area contributed by atoms with Crippen molar-refractivity contribution < 1.29 is 0 Å². The first-order valence-electron chi connectivity index (χ1n) is 15.0. The van der Waals surface area contributed by atoms with Gasteiger partial charge < -0.3 is 9.47 Å². The molecule has 2 heteroatoms. The van der Waals surface area contributed by atoms with Crippen LogP contribution in [-0.4, -0.2) is 4.57 Å². The monoisotopic (exact) mass is 562 g/mol. The molecular formula is C42H30N2. The summed E-state index contributed by atoms with van der Waals surface area (Å²) < 4.78 is 2.44. The second kappa shape index (κ2) is 11.1. The third-order valence-corrected chi connectivity index (χ3v) is 8.39. The van der Waals surface area contributed by atoms with Gasteiger partial charge in [-0.1, -0.05) is 133 Å². The van der Waals surface area contributed by atoms with Crippen molar-refractivity contribution in [3.63, 3.8) is 0 Å². The van der Waals surface area contributed by atoms with Crippen LogP contribution in [0.2, 0.25) is 0 Å². The number of hydrogen-bond acceptors (Lipinski definition) is 1. The number of anilines is 3. The fraction of sp³-hybridized carbons (Fsp3) is 0. The fourth-order valence-corrected chi connectivity index (χ4v) is 6.41. The molecule has 0 aliphatic heterocycles. The van der Waals surface area contributed by atoms with Crippen molar-refractivity contribution in [2.75, 3.05) is 4.90 Å². The predicted molar refractivity (Wildman–Crippen MR) is 186 cm³/mol. The van der Waals surface area contributed by atoms with Gasteiger partial charge in [0.25, 0.3) is 0 Å². The fourth-order valence-electron chi connectivity index (χ4n) is 6.41. The van der Waals surface area contributed by atoms with Gasteiger partial charge in [-0.25, -0.2) is 0 Å². The number of nitrogens with zero attached hydrogens (tertiary/aromatic N) is 2. The van der Waals surface area contributed by atoms with E-state index < -0.39 is 0 Å². The van der Waals surface area contributed by atoms with Gasteiger partial charge in [0.1, 0.15) is 0 Å². The molecule has 0 radical (unpaired) electrons. The van der Waals surface area contributed by atoms with Crippen molar-refractivity contribution in [3.05, 3.63) is 182 Å². The summed E-state index contributed by atoms with van der Waals surface area (Å²) >= 11 is 0. The summed E-state index contributed by atoms with van der Waals surface area (Å²) in [5.41, 5.74) is 11.7. The number of para-hydroxylation sites is 5. The van der Waals surface area contributed by atoms with E-state index in [1.54, 1.807) is 0 Å². The number of aromatic nitrogens is 1. The molecule has 0 atom stereocenters. The van der Waals surface area contributed by atoms with Gasteiger partial charge >= 0.3 is 0 Å². The molecule has 1 heterocycles. The van der Waals surface area contributed by atoms with Gasteiger partial charge in [-0.15, -0.1) is 0 Å². The van der Waals surface area contributed by atoms with E-state index in [2.05, 4.69) is 191 Å². The Hall–Kier alpha value is -5.86. The second-order valence-corrected chi connectivity index (χ2v) is 11.0. The molecule has 0 amide bonds. The molecule has 0 saturated carbocycles. The zero-order valence-electron chi connectivity index (χ0n) is 24.2. The Morgan fingerprint density at radius 2 is 0.909 bits per heavy atom. The van der Waals surface area contributed by atoms with E-state index in [9.17, 15) is 0 Å². The van der Waals surface area contributed by atoms with Gasteiger partial charge in [0.15, 0.2) is 0 Å². The molecule has 0 aliphatic rings. The second-order valence-electron chi connectivity index (χ2n) is 11.0. The summed E-state index contributed by atoms with van der Waals surface area (Å²) in [7, 11) is 0. The molecule has 8 rings (SSSR count). The molecule has 0 fully saturated rings. The Labute approximate surface area is 257 Å². The highest BCUT2D eigenvalue weighted by atomic mass is 15.1. The van der Waals surface area contributed by atoms with E-state index in [1.165, 1.54) is 44.1 Å². The lowest BCUT2D eigenvalue weighted by Crippen LogP contribution is -2.11. The Bertz CT molecular complexity index is 2170. The first-order valence-corrected chi connectivity index (χ1v) is 15.0. The van der Waals surface area contributed by atoms with Gasteiger partial charge in [0.05, 0.1) is 22.4 Å². The third kappa shape index (κ3) is 4.45. The maximum absolute atomic E-state index is 2.44. The Kier molecular flexibility index (Phi) is 6.51. The molecule has 0 N–H and O–H groups in total. The molecule has 0 saturated heterocycles. The first-order chi connectivity index (χ1) is 21.9. The average Bonchev–Trinajstić information content (AvgIpc) is 3.43. The van der Waals surface area contributed by atoms with Crippen LogP contribution < -0.4 is 4.90 Å². The van der Waals surface area contributed by atoms with Crippen LogP contribution >= 0.6 is 0 Å². The summed E-state index contributed by atoms with van der Waals surface area (Å²) in [6.45, 7) is 0. The van der Waals surface area contributed by atoms with Gasteiger partial charge in [0, 0.05) is 33.3 Å². The van der Waals surface area contributed by atoms with Gasteiger partial charge in [-0.3, -0.25) is 0 Å². The lowest BCUT2D eigenvalue weighted by molar-refractivity contribution is 1.18. The quantitative estimate of drug-likeness (QED) is 0.196. The molecule has 7 aromatic carbocycles. The topological polar surface area (TPSA) is 8.17 Å². The molecule has 2 nitrogen and oxygen atoms in total. The highest BCUT2D eigenvalue weighted by molar-refractivity contribution is 6.11. The van der Waals surface area contributed by atoms with Crippen LogP contribution in [-0.2, 0) is 0 Å². The van der Waals surface area contributed by atoms with Crippen LogP contribution in [0.5, 0.6) is 0 Å². The Balaban J connectivity index is 1.39. The number of fused-ring (bicyclic) bond motifs is 3. The van der Waals surface area contributed by atoms with Gasteiger partial charge in [0.2, 0.25) is 0 Å². The SMILES string of the molecule is c1ccc(-c2ccc3c4ccccc4n(-c4ccccc4-c4ccccc4N(c4ccccc4)c4ccccc4)c3c2)cc1. The van der Waals surface area contributed by atoms with Crippen molar-refractivity contribution >= 4 is 38.9 Å². The van der Waals surface area contributed by atoms with Crippen molar-refractivity contribution in [3.8, 4) is 27.9 Å². The molecular weight excluding hydrogens is 532 g/mol. The number of rotatable bonds is 6. The normalized spacial score (nSPS) is 11.2. The van der Waals surface area contributed by atoms with Crippen LogP contribution in [0.15, 0.2) is 182 Å². The number of benzene rings is 7. The summed E-state index contributed by atoms with van der Waals surface area (Å²) in [5, 5.41) is 2.50. The molecule has 0 spiro atoms. The van der Waals surface area contributed by atoms with E-state index in [-0.39, 0.29) is 0 Å². The number of hydrogen-bond donors (Lipinski definition) is 0. The Morgan fingerprint density at radius 1 is 0.364 bits per heavy atom. The van der Waals surface area contributed by atoms with Crippen LogP contribution in [0.4, 0.5) is 17.1 Å². The summed E-state index contributed by atoms with van der Waals surface area (Å²) in [5.74, 6) is 0. The Morgan fingerprint density at radius 3 is 1.64 bits per heavy atom. The van der Waals surface area contributed by atoms with Crippen molar-refractivity contribution in [1.82, 2.24) is 4.57 Å². The van der Waals surface area contributed by atoms with Crippen LogP contribution in [0.1, 0.15) is 0 Å². The summed E-state index contributed by atoms with van der Waals surface area (Å²) in [4.78, 5) is 2.35. The lowest BCUT2D eigenvalue weighted by atomic mass is 9.99. The van der Waals surface area contributed by atoms with Crippen LogP contribution in [0.3, 0.4) is 0 Å². The van der Waals surface area contributed by atoms with Gasteiger partial charge in [-0.2, -0.15) is 0 Å². The largest absolute Gasteiger partial charge is 0.310 e. The van der Waals surface area contributed by atoms with E-state index >= 15 is 0 Å². The smallest absolute Gasteiger partial charge is 0.0547 e. The van der Waals surface area contributed by atoms with E-state index in [4.69, 9.17) is 0 Å². The molecule has 208 valence electrons. The minimum atomic E-state index is 1.12. The van der Waals surface area contributed by atoms with Crippen molar-refractivity contribution in [2.45, 2.75) is 0 Å². The highest BCUT2D eigenvalue weighted by Crippen LogP contribution is 2.44. The minimum absolute atomic E-state index is 1.12. The van der Waals surface area contributed by atoms with Gasteiger partial charge in [-0.05, 0) is 59.7 Å². The molecule has 1 aromatic heterocycles. The zero-order valence-corrected chi connectivity index (χ0v) is 24.2. The average molecular weight is 563 g/mol. The van der Waals surface area contributed by atoms with E-state index in [1.807, 2.05) is 0 Å². The molecule has 0 unspecified atom stereocenters. The molecule has 0 aliphatic carbocycles. The third-order valence-electron chi connectivity index (χ3n) is 8.39. The maximum Gasteiger partial charge on any atom is 0.0547 e. The predicted octanol–water partition coefficient (Wildman–Crippen LogP) is 11.6. The molecule has 0 bridgehead atoms. The summed E-state index contributed by atoms with van der Waals surface area (Å²) in [6.07, 6.45) is 0. The molecule has 44 heavy (non-hydrogen) atoms.